The van der Waals surface area contributed by atoms with Crippen LogP contribution < -0.4 is 20.7 Å². The van der Waals surface area contributed by atoms with Gasteiger partial charge in [-0.1, -0.05) is 13.8 Å². The van der Waals surface area contributed by atoms with Crippen molar-refractivity contribution in [2.24, 2.45) is 5.73 Å². The highest BCUT2D eigenvalue weighted by Crippen LogP contribution is 2.30. The molecule has 37 heavy (non-hydrogen) atoms. The Labute approximate surface area is 214 Å². The third kappa shape index (κ3) is 4.58. The van der Waals surface area contributed by atoms with E-state index in [-0.39, 0.29) is 11.6 Å². The molecule has 0 spiro atoms. The molecular formula is C27H29N7O3. The minimum absolute atomic E-state index is 0.122. The van der Waals surface area contributed by atoms with Gasteiger partial charge in [0.2, 0.25) is 0 Å². The molecule has 2 amide bonds. The predicted octanol–water partition coefficient (Wildman–Crippen LogP) is 2.87. The highest BCUT2D eigenvalue weighted by molar-refractivity contribution is 6.09. The maximum absolute atomic E-state index is 13.8. The lowest BCUT2D eigenvalue weighted by Gasteiger charge is -2.28. The van der Waals surface area contributed by atoms with E-state index in [9.17, 15) is 9.59 Å². The van der Waals surface area contributed by atoms with E-state index in [1.165, 1.54) is 4.68 Å². The van der Waals surface area contributed by atoms with Gasteiger partial charge in [0, 0.05) is 41.9 Å². The number of hydrogen-bond acceptors (Lipinski definition) is 6. The lowest BCUT2D eigenvalue weighted by atomic mass is 10.0. The average molecular weight is 500 g/mol. The maximum atomic E-state index is 13.8. The molecule has 1 aliphatic rings. The van der Waals surface area contributed by atoms with E-state index < -0.39 is 5.91 Å². The number of carbonyl (C=O) groups is 2. The second-order valence-corrected chi connectivity index (χ2v) is 9.12. The third-order valence-electron chi connectivity index (χ3n) is 6.39. The fraction of sp³-hybridized carbons (Fsp3) is 0.259. The molecule has 0 bridgehead atoms. The van der Waals surface area contributed by atoms with Crippen LogP contribution in [0.2, 0.25) is 0 Å². The van der Waals surface area contributed by atoms with Crippen molar-refractivity contribution in [1.29, 1.82) is 0 Å². The molecule has 10 nitrogen and oxygen atoms in total. The summed E-state index contributed by atoms with van der Waals surface area (Å²) in [6.45, 7) is 5.25. The van der Waals surface area contributed by atoms with Gasteiger partial charge in [0.05, 0.1) is 19.3 Å². The molecule has 190 valence electrons. The van der Waals surface area contributed by atoms with Gasteiger partial charge in [-0.2, -0.15) is 5.10 Å². The molecule has 1 aliphatic heterocycles. The van der Waals surface area contributed by atoms with Crippen LogP contribution in [0.3, 0.4) is 0 Å². The van der Waals surface area contributed by atoms with E-state index in [2.05, 4.69) is 29.2 Å². The second kappa shape index (κ2) is 9.90. The van der Waals surface area contributed by atoms with Gasteiger partial charge >= 0.3 is 0 Å². The zero-order chi connectivity index (χ0) is 26.1. The number of nitrogens with zero attached hydrogens (tertiary/aromatic N) is 5. The summed E-state index contributed by atoms with van der Waals surface area (Å²) >= 11 is 0. The molecule has 5 rings (SSSR count). The number of nitrogens with one attached hydrogen (secondary N) is 1. The molecule has 0 radical (unpaired) electrons. The molecule has 0 saturated heterocycles. The first-order valence-corrected chi connectivity index (χ1v) is 12.1. The zero-order valence-electron chi connectivity index (χ0n) is 21.0. The quantitative estimate of drug-likeness (QED) is 0.385. The minimum Gasteiger partial charge on any atom is -0.497 e. The zero-order valence-corrected chi connectivity index (χ0v) is 21.0. The molecular weight excluding hydrogens is 470 g/mol. The number of benzene rings is 2. The van der Waals surface area contributed by atoms with Crippen LogP contribution in [0, 0.1) is 0 Å². The molecule has 0 aliphatic carbocycles. The van der Waals surface area contributed by atoms with E-state index in [4.69, 9.17) is 10.5 Å². The van der Waals surface area contributed by atoms with E-state index in [1.807, 2.05) is 35.0 Å². The SMILES string of the molecule is COc1ccc(-n2nc(C(N)=O)c3c2C(=O)N(c2ccc(-n4ccnc4CNC(C)C)cc2)CC3)cc1. The van der Waals surface area contributed by atoms with Crippen LogP contribution in [0.15, 0.2) is 60.9 Å². The van der Waals surface area contributed by atoms with E-state index in [0.29, 0.717) is 48.2 Å². The summed E-state index contributed by atoms with van der Waals surface area (Å²) in [7, 11) is 1.58. The first-order valence-electron chi connectivity index (χ1n) is 12.1. The Bertz CT molecular complexity index is 1440. The fourth-order valence-electron chi connectivity index (χ4n) is 4.50. The van der Waals surface area contributed by atoms with Crippen molar-refractivity contribution in [2.45, 2.75) is 32.9 Å². The highest BCUT2D eigenvalue weighted by Gasteiger charge is 2.34. The van der Waals surface area contributed by atoms with Crippen LogP contribution in [0.4, 0.5) is 5.69 Å². The monoisotopic (exact) mass is 499 g/mol. The van der Waals surface area contributed by atoms with Gasteiger partial charge in [0.1, 0.15) is 17.3 Å². The number of ether oxygens (including phenoxy) is 1. The van der Waals surface area contributed by atoms with Gasteiger partial charge in [-0.25, -0.2) is 9.67 Å². The normalized spacial score (nSPS) is 13.2. The number of fused-ring (bicyclic) bond motifs is 1. The Hall–Kier alpha value is -4.44. The van der Waals surface area contributed by atoms with Gasteiger partial charge < -0.3 is 25.3 Å². The summed E-state index contributed by atoms with van der Waals surface area (Å²) in [5, 5.41) is 7.81. The molecule has 0 fully saturated rings. The number of methoxy groups -OCH3 is 1. The topological polar surface area (TPSA) is 120 Å². The highest BCUT2D eigenvalue weighted by atomic mass is 16.5. The van der Waals surface area contributed by atoms with Crippen LogP contribution in [0.1, 0.15) is 46.2 Å². The molecule has 3 heterocycles. The predicted molar refractivity (Wildman–Crippen MR) is 140 cm³/mol. The Kier molecular flexibility index (Phi) is 6.49. The molecule has 0 unspecified atom stereocenters. The molecule has 0 atom stereocenters. The summed E-state index contributed by atoms with van der Waals surface area (Å²) in [4.78, 5) is 32.0. The summed E-state index contributed by atoms with van der Waals surface area (Å²) in [6, 6.07) is 15.2. The van der Waals surface area contributed by atoms with Crippen molar-refractivity contribution in [3.63, 3.8) is 0 Å². The number of primary amides is 1. The van der Waals surface area contributed by atoms with Gasteiger partial charge in [-0.15, -0.1) is 0 Å². The Morgan fingerprint density at radius 2 is 1.76 bits per heavy atom. The van der Waals surface area contributed by atoms with E-state index >= 15 is 0 Å². The summed E-state index contributed by atoms with van der Waals surface area (Å²) in [5.74, 6) is 0.683. The Balaban J connectivity index is 1.46. The Morgan fingerprint density at radius 1 is 1.08 bits per heavy atom. The standard InChI is InChI=1S/C27H29N7O3/c1-17(2)30-16-23-29-13-15-32(23)18-4-6-19(7-5-18)33-14-12-22-24(26(28)35)31-34(25(22)27(33)36)20-8-10-21(37-3)11-9-20/h4-11,13,15,17,30H,12,14,16H2,1-3H3,(H2,28,35). The Morgan fingerprint density at radius 3 is 2.41 bits per heavy atom. The van der Waals surface area contributed by atoms with Crippen LogP contribution >= 0.6 is 0 Å². The largest absolute Gasteiger partial charge is 0.497 e. The number of amides is 2. The van der Waals surface area contributed by atoms with Crippen LogP contribution in [0.5, 0.6) is 5.75 Å². The summed E-state index contributed by atoms with van der Waals surface area (Å²) < 4.78 is 8.75. The smallest absolute Gasteiger partial charge is 0.277 e. The van der Waals surface area contributed by atoms with Crippen molar-refractivity contribution < 1.29 is 14.3 Å². The van der Waals surface area contributed by atoms with Gasteiger partial charge in [-0.05, 0) is 55.0 Å². The van der Waals surface area contributed by atoms with Crippen molar-refractivity contribution >= 4 is 17.5 Å². The number of carbonyl (C=O) groups excluding carboxylic acids is 2. The van der Waals surface area contributed by atoms with Crippen molar-refractivity contribution in [2.75, 3.05) is 18.6 Å². The first-order chi connectivity index (χ1) is 17.9. The second-order valence-electron chi connectivity index (χ2n) is 9.12. The van der Waals surface area contributed by atoms with Gasteiger partial charge in [0.15, 0.2) is 5.69 Å². The summed E-state index contributed by atoms with van der Waals surface area (Å²) in [6.07, 6.45) is 4.16. The van der Waals surface area contributed by atoms with Crippen molar-refractivity contribution in [1.82, 2.24) is 24.6 Å². The summed E-state index contributed by atoms with van der Waals surface area (Å²) in [5.41, 5.74) is 8.98. The number of hydrogen-bond donors (Lipinski definition) is 2. The number of anilines is 1. The fourth-order valence-corrected chi connectivity index (χ4v) is 4.50. The first kappa shape index (κ1) is 24.3. The lowest BCUT2D eigenvalue weighted by Crippen LogP contribution is -2.39. The van der Waals surface area contributed by atoms with Gasteiger partial charge in [-0.3, -0.25) is 9.59 Å². The average Bonchev–Trinajstić information content (AvgIpc) is 3.53. The molecule has 2 aromatic heterocycles. The third-order valence-corrected chi connectivity index (χ3v) is 6.39. The van der Waals surface area contributed by atoms with Crippen LogP contribution in [0.25, 0.3) is 11.4 Å². The molecule has 2 aromatic carbocycles. The van der Waals surface area contributed by atoms with Gasteiger partial charge in [0.25, 0.3) is 11.8 Å². The van der Waals surface area contributed by atoms with Crippen LogP contribution in [-0.4, -0.2) is 50.8 Å². The molecule has 0 saturated carbocycles. The molecule has 3 N–H and O–H groups in total. The molecule has 4 aromatic rings. The van der Waals surface area contributed by atoms with E-state index in [1.54, 1.807) is 42.5 Å². The number of rotatable bonds is 8. The lowest BCUT2D eigenvalue weighted by molar-refractivity contribution is 0.0972. The maximum Gasteiger partial charge on any atom is 0.277 e. The van der Waals surface area contributed by atoms with Crippen LogP contribution in [-0.2, 0) is 13.0 Å². The van der Waals surface area contributed by atoms with E-state index in [0.717, 1.165) is 17.2 Å². The molecule has 10 heteroatoms. The number of nitrogens with two attached hydrogens (primary N) is 1. The minimum atomic E-state index is -0.655. The number of aromatic nitrogens is 4. The van der Waals surface area contributed by atoms with Crippen molar-refractivity contribution in [3.05, 3.63) is 83.7 Å². The number of imidazole rings is 1. The van der Waals surface area contributed by atoms with Crippen molar-refractivity contribution in [3.8, 4) is 17.1 Å².